The van der Waals surface area contributed by atoms with E-state index in [0.29, 0.717) is 11.4 Å². The number of benzene rings is 1. The van der Waals surface area contributed by atoms with Gasteiger partial charge in [-0.15, -0.1) is 11.8 Å². The van der Waals surface area contributed by atoms with Gasteiger partial charge in [0.15, 0.2) is 0 Å². The van der Waals surface area contributed by atoms with Crippen molar-refractivity contribution in [2.45, 2.75) is 30.4 Å². The molecule has 6 heteroatoms. The van der Waals surface area contributed by atoms with Gasteiger partial charge in [-0.3, -0.25) is 14.5 Å². The topological polar surface area (TPSA) is 74.7 Å². The van der Waals surface area contributed by atoms with Crippen LogP contribution >= 0.6 is 11.8 Å². The molecule has 0 saturated carbocycles. The molecule has 1 aromatic carbocycles. The third-order valence-electron chi connectivity index (χ3n) is 3.14. The molecule has 5 nitrogen and oxygen atoms in total. The zero-order valence-corrected chi connectivity index (χ0v) is 12.7. The first kappa shape index (κ1) is 15.6. The zero-order valence-electron chi connectivity index (χ0n) is 11.9. The molecule has 0 bridgehead atoms. The van der Waals surface area contributed by atoms with E-state index in [2.05, 4.69) is 0 Å². The standard InChI is InChI=1S/C15H17NO4S/c1-9(2)8-16-13(17)7-12(14(16)18)21-11-6-4-3-5-10(11)15(19)20/h3-6,9,12H,7-8H2,1-2H3,(H,19,20)/t12-/m1/s1. The van der Waals surface area contributed by atoms with Gasteiger partial charge in [-0.25, -0.2) is 4.79 Å². The van der Waals surface area contributed by atoms with Gasteiger partial charge in [0.1, 0.15) is 0 Å². The van der Waals surface area contributed by atoms with Gasteiger partial charge in [-0.1, -0.05) is 26.0 Å². The molecule has 1 fully saturated rings. The van der Waals surface area contributed by atoms with Crippen LogP contribution in [-0.4, -0.2) is 39.6 Å². The quantitative estimate of drug-likeness (QED) is 0.845. The average Bonchev–Trinajstić information content (AvgIpc) is 2.66. The second-order valence-electron chi connectivity index (χ2n) is 5.35. The molecule has 21 heavy (non-hydrogen) atoms. The van der Waals surface area contributed by atoms with Crippen LogP contribution in [0.25, 0.3) is 0 Å². The Hall–Kier alpha value is -1.82. The number of likely N-dealkylation sites (tertiary alicyclic amines) is 1. The average molecular weight is 307 g/mol. The fraction of sp³-hybridized carbons (Fsp3) is 0.400. The lowest BCUT2D eigenvalue weighted by Gasteiger charge is -2.17. The molecule has 2 amide bonds. The number of hydrogen-bond acceptors (Lipinski definition) is 4. The normalized spacial score (nSPS) is 18.6. The van der Waals surface area contributed by atoms with Crippen LogP contribution in [0.4, 0.5) is 0 Å². The molecule has 1 saturated heterocycles. The van der Waals surface area contributed by atoms with Gasteiger partial charge >= 0.3 is 5.97 Å². The molecule has 2 rings (SSSR count). The van der Waals surface area contributed by atoms with Crippen LogP contribution in [0.3, 0.4) is 0 Å². The number of rotatable bonds is 5. The van der Waals surface area contributed by atoms with Crippen molar-refractivity contribution < 1.29 is 19.5 Å². The zero-order chi connectivity index (χ0) is 15.6. The van der Waals surface area contributed by atoms with Gasteiger partial charge < -0.3 is 5.11 Å². The summed E-state index contributed by atoms with van der Waals surface area (Å²) in [5.74, 6) is -1.22. The van der Waals surface area contributed by atoms with Gasteiger partial charge in [0, 0.05) is 17.9 Å². The van der Waals surface area contributed by atoms with E-state index in [0.717, 1.165) is 11.8 Å². The maximum atomic E-state index is 12.3. The maximum Gasteiger partial charge on any atom is 0.336 e. The summed E-state index contributed by atoms with van der Waals surface area (Å²) < 4.78 is 0. The van der Waals surface area contributed by atoms with Crippen LogP contribution < -0.4 is 0 Å². The van der Waals surface area contributed by atoms with E-state index in [1.165, 1.54) is 11.0 Å². The minimum Gasteiger partial charge on any atom is -0.478 e. The van der Waals surface area contributed by atoms with Crippen LogP contribution in [0.2, 0.25) is 0 Å². The molecule has 112 valence electrons. The molecule has 1 atom stereocenters. The van der Waals surface area contributed by atoms with Gasteiger partial charge in [0.05, 0.1) is 10.8 Å². The first-order valence-electron chi connectivity index (χ1n) is 6.73. The first-order chi connectivity index (χ1) is 9.90. The SMILES string of the molecule is CC(C)CN1C(=O)C[C@@H](Sc2ccccc2C(=O)O)C1=O. The van der Waals surface area contributed by atoms with Crippen molar-refractivity contribution in [1.82, 2.24) is 4.90 Å². The Morgan fingerprint density at radius 3 is 2.67 bits per heavy atom. The lowest BCUT2D eigenvalue weighted by atomic mass is 10.2. The summed E-state index contributed by atoms with van der Waals surface area (Å²) in [6.45, 7) is 4.30. The highest BCUT2D eigenvalue weighted by molar-refractivity contribution is 8.00. The third kappa shape index (κ3) is 3.44. The molecule has 1 heterocycles. The van der Waals surface area contributed by atoms with Crippen molar-refractivity contribution in [3.8, 4) is 0 Å². The molecule has 0 radical (unpaired) electrons. The summed E-state index contributed by atoms with van der Waals surface area (Å²) in [6, 6.07) is 6.52. The van der Waals surface area contributed by atoms with E-state index in [1.54, 1.807) is 18.2 Å². The number of carboxylic acids is 1. The van der Waals surface area contributed by atoms with Crippen molar-refractivity contribution in [3.63, 3.8) is 0 Å². The predicted molar refractivity (Wildman–Crippen MR) is 79.2 cm³/mol. The second-order valence-corrected chi connectivity index (χ2v) is 6.59. The van der Waals surface area contributed by atoms with E-state index in [-0.39, 0.29) is 29.7 Å². The molecule has 0 aromatic heterocycles. The van der Waals surface area contributed by atoms with Crippen molar-refractivity contribution in [3.05, 3.63) is 29.8 Å². The van der Waals surface area contributed by atoms with Crippen LogP contribution in [0.1, 0.15) is 30.6 Å². The van der Waals surface area contributed by atoms with E-state index in [4.69, 9.17) is 5.11 Å². The van der Waals surface area contributed by atoms with Gasteiger partial charge in [0.2, 0.25) is 11.8 Å². The molecular formula is C15H17NO4S. The summed E-state index contributed by atoms with van der Waals surface area (Å²) in [6.07, 6.45) is 0.129. The summed E-state index contributed by atoms with van der Waals surface area (Å²) in [5.41, 5.74) is 0.157. The van der Waals surface area contributed by atoms with Crippen molar-refractivity contribution >= 4 is 29.5 Å². The van der Waals surface area contributed by atoms with Crippen molar-refractivity contribution in [2.75, 3.05) is 6.54 Å². The van der Waals surface area contributed by atoms with Crippen molar-refractivity contribution in [2.24, 2.45) is 5.92 Å². The van der Waals surface area contributed by atoms with Gasteiger partial charge in [-0.2, -0.15) is 0 Å². The van der Waals surface area contributed by atoms with E-state index < -0.39 is 11.2 Å². The molecule has 1 N–H and O–H groups in total. The largest absolute Gasteiger partial charge is 0.478 e. The molecular weight excluding hydrogens is 290 g/mol. The summed E-state index contributed by atoms with van der Waals surface area (Å²) in [4.78, 5) is 37.2. The highest BCUT2D eigenvalue weighted by Crippen LogP contribution is 2.33. The number of amides is 2. The number of imide groups is 1. The van der Waals surface area contributed by atoms with E-state index >= 15 is 0 Å². The first-order valence-corrected chi connectivity index (χ1v) is 7.61. The molecule has 0 spiro atoms. The summed E-state index contributed by atoms with van der Waals surface area (Å²) >= 11 is 1.16. The molecule has 1 aliphatic heterocycles. The Balaban J connectivity index is 2.16. The lowest BCUT2D eigenvalue weighted by Crippen LogP contribution is -2.34. The molecule has 1 aliphatic rings. The third-order valence-corrected chi connectivity index (χ3v) is 4.40. The number of carbonyl (C=O) groups is 3. The Kier molecular flexibility index (Phi) is 4.67. The highest BCUT2D eigenvalue weighted by atomic mass is 32.2. The van der Waals surface area contributed by atoms with Crippen LogP contribution in [0, 0.1) is 5.92 Å². The Morgan fingerprint density at radius 1 is 1.38 bits per heavy atom. The predicted octanol–water partition coefficient (Wildman–Crippen LogP) is 2.26. The Labute approximate surface area is 127 Å². The van der Waals surface area contributed by atoms with Gasteiger partial charge in [0.25, 0.3) is 0 Å². The fourth-order valence-electron chi connectivity index (χ4n) is 2.20. The maximum absolute atomic E-state index is 12.3. The van der Waals surface area contributed by atoms with Gasteiger partial charge in [-0.05, 0) is 18.1 Å². The van der Waals surface area contributed by atoms with E-state index in [9.17, 15) is 14.4 Å². The van der Waals surface area contributed by atoms with Crippen molar-refractivity contribution in [1.29, 1.82) is 0 Å². The smallest absolute Gasteiger partial charge is 0.336 e. The summed E-state index contributed by atoms with van der Waals surface area (Å²) in [7, 11) is 0. The number of hydrogen-bond donors (Lipinski definition) is 1. The lowest BCUT2D eigenvalue weighted by molar-refractivity contribution is -0.138. The number of nitrogens with zero attached hydrogens (tertiary/aromatic N) is 1. The minimum absolute atomic E-state index is 0.129. The number of carbonyl (C=O) groups excluding carboxylic acids is 2. The fourth-order valence-corrected chi connectivity index (χ4v) is 3.40. The molecule has 0 unspecified atom stereocenters. The highest BCUT2D eigenvalue weighted by Gasteiger charge is 2.39. The van der Waals surface area contributed by atoms with Crippen LogP contribution in [0.5, 0.6) is 0 Å². The second kappa shape index (κ2) is 6.30. The van der Waals surface area contributed by atoms with Crippen LogP contribution in [0.15, 0.2) is 29.2 Å². The minimum atomic E-state index is -1.03. The summed E-state index contributed by atoms with van der Waals surface area (Å²) in [5, 5.41) is 8.62. The number of aromatic carboxylic acids is 1. The van der Waals surface area contributed by atoms with E-state index in [1.807, 2.05) is 13.8 Å². The van der Waals surface area contributed by atoms with Crippen LogP contribution in [-0.2, 0) is 9.59 Å². The monoisotopic (exact) mass is 307 g/mol. The molecule has 1 aromatic rings. The molecule has 0 aliphatic carbocycles. The number of carboxylic acid groups (broad SMARTS) is 1. The number of thioether (sulfide) groups is 1. The Morgan fingerprint density at radius 2 is 2.05 bits per heavy atom. The Bertz CT molecular complexity index is 585.